The molecule has 0 saturated heterocycles. The predicted molar refractivity (Wildman–Crippen MR) is 72.8 cm³/mol. The zero-order chi connectivity index (χ0) is 13.7. The van der Waals surface area contributed by atoms with E-state index in [-0.39, 0.29) is 6.61 Å². The molecule has 0 bridgehead atoms. The number of aromatic nitrogens is 1. The summed E-state index contributed by atoms with van der Waals surface area (Å²) in [5, 5.41) is 2.78. The molecule has 0 unspecified atom stereocenters. The monoisotopic (exact) mass is 276 g/mol. The van der Waals surface area contributed by atoms with Crippen molar-refractivity contribution in [1.29, 1.82) is 0 Å². The first-order chi connectivity index (χ1) is 9.20. The van der Waals surface area contributed by atoms with Crippen LogP contribution in [0.15, 0.2) is 36.5 Å². The van der Waals surface area contributed by atoms with E-state index in [2.05, 4.69) is 15.0 Å². The summed E-state index contributed by atoms with van der Waals surface area (Å²) in [5.74, 6) is -1.71. The number of hydrogen-bond acceptors (Lipinski definition) is 5. The normalized spacial score (nSPS) is 9.95. The van der Waals surface area contributed by atoms with Crippen molar-refractivity contribution in [3.05, 3.63) is 36.5 Å². The summed E-state index contributed by atoms with van der Waals surface area (Å²) in [6, 6.07) is 9.67. The van der Waals surface area contributed by atoms with Gasteiger partial charge in [-0.05, 0) is 12.5 Å². The number of hydrogen-bond donors (Lipinski definition) is 1. The molecule has 0 spiro atoms. The molecule has 1 heterocycles. The minimum atomic E-state index is -0.904. The molecule has 0 aliphatic rings. The minimum Gasteiger partial charge on any atom is -0.459 e. The van der Waals surface area contributed by atoms with Crippen LogP contribution in [-0.4, -0.2) is 23.5 Å². The third kappa shape index (κ3) is 3.38. The largest absolute Gasteiger partial charge is 0.459 e. The molecule has 1 aromatic heterocycles. The van der Waals surface area contributed by atoms with Gasteiger partial charge in [-0.2, -0.15) is 0 Å². The van der Waals surface area contributed by atoms with Crippen molar-refractivity contribution in [1.82, 2.24) is 4.98 Å². The fourth-order valence-electron chi connectivity index (χ4n) is 1.41. The van der Waals surface area contributed by atoms with Gasteiger partial charge in [0.25, 0.3) is 0 Å². The Balaban J connectivity index is 2.06. The number of nitrogens with one attached hydrogen (secondary N) is 1. The Bertz CT molecular complexity index is 581. The van der Waals surface area contributed by atoms with E-state index in [9.17, 15) is 9.59 Å². The summed E-state index contributed by atoms with van der Waals surface area (Å²) in [6.45, 7) is 1.81. The number of thiazole rings is 1. The second kappa shape index (κ2) is 6.10. The van der Waals surface area contributed by atoms with Crippen LogP contribution < -0.4 is 5.32 Å². The Morgan fingerprint density at radius 1 is 1.32 bits per heavy atom. The van der Waals surface area contributed by atoms with Crippen molar-refractivity contribution in [3.8, 4) is 10.4 Å². The van der Waals surface area contributed by atoms with E-state index in [1.165, 1.54) is 11.3 Å². The SMILES string of the molecule is CCOC(=O)C(=O)Nc1ncc(-c2ccccc2)s1. The minimum absolute atomic E-state index is 0.166. The number of amides is 1. The lowest BCUT2D eigenvalue weighted by atomic mass is 10.2. The maximum Gasteiger partial charge on any atom is 0.397 e. The molecule has 1 N–H and O–H groups in total. The number of anilines is 1. The highest BCUT2D eigenvalue weighted by Gasteiger charge is 2.16. The molecule has 2 aromatic rings. The van der Waals surface area contributed by atoms with Crippen molar-refractivity contribution in [2.75, 3.05) is 11.9 Å². The first-order valence-electron chi connectivity index (χ1n) is 5.70. The van der Waals surface area contributed by atoms with Gasteiger partial charge in [-0.3, -0.25) is 10.1 Å². The number of esters is 1. The third-order valence-corrected chi connectivity index (χ3v) is 3.21. The van der Waals surface area contributed by atoms with Gasteiger partial charge in [0.15, 0.2) is 5.13 Å². The Morgan fingerprint density at radius 3 is 2.74 bits per heavy atom. The molecule has 6 heteroatoms. The van der Waals surface area contributed by atoms with Crippen molar-refractivity contribution < 1.29 is 14.3 Å². The molecule has 0 fully saturated rings. The molecule has 5 nitrogen and oxygen atoms in total. The smallest absolute Gasteiger partial charge is 0.397 e. The predicted octanol–water partition coefficient (Wildman–Crippen LogP) is 2.31. The van der Waals surface area contributed by atoms with E-state index in [1.807, 2.05) is 30.3 Å². The van der Waals surface area contributed by atoms with Crippen LogP contribution >= 0.6 is 11.3 Å². The van der Waals surface area contributed by atoms with E-state index in [4.69, 9.17) is 0 Å². The first-order valence-corrected chi connectivity index (χ1v) is 6.51. The van der Waals surface area contributed by atoms with Gasteiger partial charge >= 0.3 is 11.9 Å². The van der Waals surface area contributed by atoms with Gasteiger partial charge in [-0.15, -0.1) is 0 Å². The molecule has 98 valence electrons. The second-order valence-corrected chi connectivity index (χ2v) is 4.60. The summed E-state index contributed by atoms with van der Waals surface area (Å²) in [6.07, 6.45) is 1.65. The van der Waals surface area contributed by atoms with Crippen molar-refractivity contribution in [2.24, 2.45) is 0 Å². The third-order valence-electron chi connectivity index (χ3n) is 2.25. The molecule has 1 amide bonds. The topological polar surface area (TPSA) is 68.3 Å². The lowest BCUT2D eigenvalue weighted by molar-refractivity contribution is -0.152. The molecule has 1 aromatic carbocycles. The highest BCUT2D eigenvalue weighted by Crippen LogP contribution is 2.28. The van der Waals surface area contributed by atoms with Gasteiger partial charge < -0.3 is 4.74 Å². The van der Waals surface area contributed by atoms with Gasteiger partial charge in [0.05, 0.1) is 11.5 Å². The van der Waals surface area contributed by atoms with Gasteiger partial charge in [0.2, 0.25) is 0 Å². The van der Waals surface area contributed by atoms with E-state index >= 15 is 0 Å². The fraction of sp³-hybridized carbons (Fsp3) is 0.154. The van der Waals surface area contributed by atoms with Crippen molar-refractivity contribution in [2.45, 2.75) is 6.92 Å². The Morgan fingerprint density at radius 2 is 2.05 bits per heavy atom. The average molecular weight is 276 g/mol. The van der Waals surface area contributed by atoms with Crippen LogP contribution in [0.5, 0.6) is 0 Å². The van der Waals surface area contributed by atoms with Crippen LogP contribution in [0.2, 0.25) is 0 Å². The lowest BCUT2D eigenvalue weighted by Crippen LogP contribution is -2.24. The number of carbonyl (C=O) groups excluding carboxylic acids is 2. The first kappa shape index (κ1) is 13.2. The van der Waals surface area contributed by atoms with Crippen LogP contribution in [0, 0.1) is 0 Å². The zero-order valence-corrected chi connectivity index (χ0v) is 11.1. The fourth-order valence-corrected chi connectivity index (χ4v) is 2.23. The number of carbonyl (C=O) groups is 2. The second-order valence-electron chi connectivity index (χ2n) is 3.57. The standard InChI is InChI=1S/C13H12N2O3S/c1-2-18-12(17)11(16)15-13-14-8-10(19-13)9-6-4-3-5-7-9/h3-8H,2H2,1H3,(H,14,15,16). The van der Waals surface area contributed by atoms with Gasteiger partial charge in [0.1, 0.15) is 0 Å². The van der Waals surface area contributed by atoms with Gasteiger partial charge in [-0.25, -0.2) is 9.78 Å². The summed E-state index contributed by atoms with van der Waals surface area (Å²) in [5.41, 5.74) is 1.01. The van der Waals surface area contributed by atoms with Crippen LogP contribution in [-0.2, 0) is 14.3 Å². The molecular weight excluding hydrogens is 264 g/mol. The number of nitrogens with zero attached hydrogens (tertiary/aromatic N) is 1. The summed E-state index contributed by atoms with van der Waals surface area (Å²) in [4.78, 5) is 27.6. The number of ether oxygens (including phenoxy) is 1. The molecule has 0 aliphatic heterocycles. The Labute approximate surface area is 114 Å². The Kier molecular flexibility index (Phi) is 4.25. The highest BCUT2D eigenvalue weighted by atomic mass is 32.1. The number of benzene rings is 1. The molecule has 0 aliphatic carbocycles. The maximum atomic E-state index is 11.4. The molecule has 19 heavy (non-hydrogen) atoms. The Hall–Kier alpha value is -2.21. The molecule has 0 radical (unpaired) electrons. The zero-order valence-electron chi connectivity index (χ0n) is 10.3. The molecular formula is C13H12N2O3S. The van der Waals surface area contributed by atoms with Gasteiger partial charge in [-0.1, -0.05) is 41.7 Å². The average Bonchev–Trinajstić information content (AvgIpc) is 2.88. The van der Waals surface area contributed by atoms with Crippen LogP contribution in [0.4, 0.5) is 5.13 Å². The van der Waals surface area contributed by atoms with E-state index in [0.29, 0.717) is 5.13 Å². The maximum absolute atomic E-state index is 11.4. The van der Waals surface area contributed by atoms with Gasteiger partial charge in [0, 0.05) is 6.20 Å². The highest BCUT2D eigenvalue weighted by molar-refractivity contribution is 7.19. The van der Waals surface area contributed by atoms with Crippen LogP contribution in [0.3, 0.4) is 0 Å². The summed E-state index contributed by atoms with van der Waals surface area (Å²) >= 11 is 1.30. The van der Waals surface area contributed by atoms with E-state index < -0.39 is 11.9 Å². The molecule has 0 atom stereocenters. The molecule has 0 saturated carbocycles. The number of rotatable bonds is 3. The summed E-state index contributed by atoms with van der Waals surface area (Å²) < 4.78 is 4.59. The van der Waals surface area contributed by atoms with Crippen LogP contribution in [0.25, 0.3) is 10.4 Å². The van der Waals surface area contributed by atoms with Crippen molar-refractivity contribution >= 4 is 28.3 Å². The summed E-state index contributed by atoms with van der Waals surface area (Å²) in [7, 11) is 0. The van der Waals surface area contributed by atoms with E-state index in [1.54, 1.807) is 13.1 Å². The van der Waals surface area contributed by atoms with Crippen LogP contribution in [0.1, 0.15) is 6.92 Å². The molecule has 2 rings (SSSR count). The van der Waals surface area contributed by atoms with Crippen molar-refractivity contribution in [3.63, 3.8) is 0 Å². The lowest BCUT2D eigenvalue weighted by Gasteiger charge is -2.00. The van der Waals surface area contributed by atoms with E-state index in [0.717, 1.165) is 10.4 Å². The quantitative estimate of drug-likeness (QED) is 0.690.